The maximum atomic E-state index is 11.3. The van der Waals surface area contributed by atoms with Crippen LogP contribution in [0.3, 0.4) is 0 Å². The first kappa shape index (κ1) is 12.7. The summed E-state index contributed by atoms with van der Waals surface area (Å²) in [4.78, 5) is 13.5. The normalized spacial score (nSPS) is 10.5. The van der Waals surface area contributed by atoms with E-state index in [9.17, 15) is 4.79 Å². The number of hydrogen-bond donors (Lipinski definition) is 2. The molecule has 0 radical (unpaired) electrons. The lowest BCUT2D eigenvalue weighted by Crippen LogP contribution is -2.30. The van der Waals surface area contributed by atoms with Crippen molar-refractivity contribution in [3.63, 3.8) is 0 Å². The lowest BCUT2D eigenvalue weighted by Gasteiger charge is -2.15. The van der Waals surface area contributed by atoms with E-state index in [-0.39, 0.29) is 5.91 Å². The molecule has 0 aliphatic rings. The minimum absolute atomic E-state index is 0.250. The lowest BCUT2D eigenvalue weighted by molar-refractivity contribution is 0.0953. The fourth-order valence-electron chi connectivity index (χ4n) is 1.67. The van der Waals surface area contributed by atoms with Crippen LogP contribution in [0.4, 0.5) is 0 Å². The Kier molecular flexibility index (Phi) is 4.95. The van der Waals surface area contributed by atoms with Gasteiger partial charge < -0.3 is 4.90 Å². The molecule has 3 N–H and O–H groups in total. The van der Waals surface area contributed by atoms with E-state index in [1.54, 1.807) is 6.07 Å². The second-order valence-corrected chi connectivity index (χ2v) is 3.91. The van der Waals surface area contributed by atoms with E-state index in [1.807, 2.05) is 18.2 Å². The average Bonchev–Trinajstić information content (AvgIpc) is 2.28. The second kappa shape index (κ2) is 6.25. The van der Waals surface area contributed by atoms with Crippen molar-refractivity contribution in [3.8, 4) is 0 Å². The molecule has 1 aromatic rings. The third-order valence-corrected chi connectivity index (χ3v) is 2.38. The van der Waals surface area contributed by atoms with Crippen LogP contribution in [-0.4, -0.2) is 24.4 Å². The van der Waals surface area contributed by atoms with Crippen LogP contribution in [0.15, 0.2) is 24.3 Å². The molecule has 0 atom stereocenters. The summed E-state index contributed by atoms with van der Waals surface area (Å²) in [5.41, 5.74) is 3.86. The number of carbonyl (C=O) groups is 1. The third kappa shape index (κ3) is 3.64. The average molecular weight is 221 g/mol. The monoisotopic (exact) mass is 221 g/mol. The summed E-state index contributed by atoms with van der Waals surface area (Å²) < 4.78 is 0. The Labute approximate surface area is 96.4 Å². The fourth-order valence-corrected chi connectivity index (χ4v) is 1.67. The van der Waals surface area contributed by atoms with Gasteiger partial charge in [-0.1, -0.05) is 19.1 Å². The van der Waals surface area contributed by atoms with Gasteiger partial charge in [-0.15, -0.1) is 0 Å². The van der Waals surface area contributed by atoms with Crippen molar-refractivity contribution in [1.82, 2.24) is 10.3 Å². The fraction of sp³-hybridized carbons (Fsp3) is 0.417. The number of nitrogen functional groups attached to an aromatic ring is 1. The summed E-state index contributed by atoms with van der Waals surface area (Å²) in [6.45, 7) is 4.04. The number of carbonyl (C=O) groups excluding carboxylic acids is 1. The number of hydrazine groups is 1. The molecule has 0 unspecified atom stereocenters. The zero-order chi connectivity index (χ0) is 12.0. The zero-order valence-electron chi connectivity index (χ0n) is 9.86. The number of benzene rings is 1. The summed E-state index contributed by atoms with van der Waals surface area (Å²) in [5.74, 6) is 4.84. The Morgan fingerprint density at radius 3 is 2.88 bits per heavy atom. The van der Waals surface area contributed by atoms with Crippen LogP contribution in [0.1, 0.15) is 29.3 Å². The molecule has 16 heavy (non-hydrogen) atoms. The van der Waals surface area contributed by atoms with Crippen LogP contribution >= 0.6 is 0 Å². The minimum Gasteiger partial charge on any atom is -0.302 e. The molecule has 0 heterocycles. The quantitative estimate of drug-likeness (QED) is 0.445. The van der Waals surface area contributed by atoms with E-state index in [0.29, 0.717) is 5.56 Å². The van der Waals surface area contributed by atoms with Crippen LogP contribution in [0.2, 0.25) is 0 Å². The Morgan fingerprint density at radius 2 is 2.25 bits per heavy atom. The van der Waals surface area contributed by atoms with Crippen molar-refractivity contribution in [3.05, 3.63) is 35.4 Å². The molecule has 0 fully saturated rings. The molecule has 0 spiro atoms. The summed E-state index contributed by atoms with van der Waals surface area (Å²) in [6, 6.07) is 7.51. The van der Waals surface area contributed by atoms with Crippen molar-refractivity contribution in [2.45, 2.75) is 19.9 Å². The highest BCUT2D eigenvalue weighted by Crippen LogP contribution is 2.07. The highest BCUT2D eigenvalue weighted by atomic mass is 16.2. The molecular weight excluding hydrogens is 202 g/mol. The van der Waals surface area contributed by atoms with Crippen LogP contribution in [0.5, 0.6) is 0 Å². The standard InChI is InChI=1S/C12H19N3O/c1-3-7-15(2)9-10-5-4-6-11(8-10)12(16)14-13/h4-6,8H,3,7,9,13H2,1-2H3,(H,14,16). The summed E-state index contributed by atoms with van der Waals surface area (Å²) in [6.07, 6.45) is 1.12. The molecule has 0 saturated carbocycles. The summed E-state index contributed by atoms with van der Waals surface area (Å²) in [7, 11) is 2.07. The number of nitrogens with two attached hydrogens (primary N) is 1. The van der Waals surface area contributed by atoms with Crippen molar-refractivity contribution in [2.75, 3.05) is 13.6 Å². The highest BCUT2D eigenvalue weighted by Gasteiger charge is 2.05. The van der Waals surface area contributed by atoms with Gasteiger partial charge in [0.25, 0.3) is 5.91 Å². The van der Waals surface area contributed by atoms with Gasteiger partial charge in [0, 0.05) is 12.1 Å². The van der Waals surface area contributed by atoms with Gasteiger partial charge in [0.1, 0.15) is 0 Å². The molecule has 4 nitrogen and oxygen atoms in total. The Balaban J connectivity index is 2.70. The Hall–Kier alpha value is -1.39. The van der Waals surface area contributed by atoms with Gasteiger partial charge in [-0.25, -0.2) is 5.84 Å². The van der Waals surface area contributed by atoms with Crippen LogP contribution < -0.4 is 11.3 Å². The van der Waals surface area contributed by atoms with Crippen LogP contribution in [0.25, 0.3) is 0 Å². The van der Waals surface area contributed by atoms with Gasteiger partial charge in [0.05, 0.1) is 0 Å². The summed E-state index contributed by atoms with van der Waals surface area (Å²) in [5, 5.41) is 0. The predicted molar refractivity (Wildman–Crippen MR) is 64.7 cm³/mol. The first-order valence-electron chi connectivity index (χ1n) is 5.45. The van der Waals surface area contributed by atoms with E-state index in [4.69, 9.17) is 5.84 Å². The van der Waals surface area contributed by atoms with Gasteiger partial charge in [0.15, 0.2) is 0 Å². The Bertz CT molecular complexity index is 352. The minimum atomic E-state index is -0.250. The van der Waals surface area contributed by atoms with E-state index >= 15 is 0 Å². The number of amides is 1. The van der Waals surface area contributed by atoms with Gasteiger partial charge in [-0.3, -0.25) is 10.2 Å². The number of rotatable bonds is 5. The topological polar surface area (TPSA) is 58.4 Å². The molecule has 1 rings (SSSR count). The molecule has 1 amide bonds. The zero-order valence-corrected chi connectivity index (χ0v) is 9.86. The van der Waals surface area contributed by atoms with Crippen molar-refractivity contribution in [2.24, 2.45) is 5.84 Å². The van der Waals surface area contributed by atoms with Crippen LogP contribution in [-0.2, 0) is 6.54 Å². The first-order valence-corrected chi connectivity index (χ1v) is 5.45. The molecule has 0 bridgehead atoms. The molecule has 1 aromatic carbocycles. The van der Waals surface area contributed by atoms with E-state index in [0.717, 1.165) is 25.1 Å². The Morgan fingerprint density at radius 1 is 1.50 bits per heavy atom. The predicted octanol–water partition coefficient (Wildman–Crippen LogP) is 1.13. The molecule has 0 aliphatic heterocycles. The first-order chi connectivity index (χ1) is 7.67. The van der Waals surface area contributed by atoms with Crippen LogP contribution in [0, 0.1) is 0 Å². The number of nitrogens with zero attached hydrogens (tertiary/aromatic N) is 1. The highest BCUT2D eigenvalue weighted by molar-refractivity contribution is 5.93. The molecule has 88 valence electrons. The van der Waals surface area contributed by atoms with Gasteiger partial charge in [-0.05, 0) is 37.7 Å². The number of hydrogen-bond acceptors (Lipinski definition) is 3. The van der Waals surface area contributed by atoms with E-state index < -0.39 is 0 Å². The third-order valence-electron chi connectivity index (χ3n) is 2.38. The smallest absolute Gasteiger partial charge is 0.265 e. The molecule has 0 aliphatic carbocycles. The van der Waals surface area contributed by atoms with Gasteiger partial charge >= 0.3 is 0 Å². The van der Waals surface area contributed by atoms with Crippen molar-refractivity contribution < 1.29 is 4.79 Å². The van der Waals surface area contributed by atoms with Crippen molar-refractivity contribution in [1.29, 1.82) is 0 Å². The summed E-state index contributed by atoms with van der Waals surface area (Å²) >= 11 is 0. The van der Waals surface area contributed by atoms with Crippen molar-refractivity contribution >= 4 is 5.91 Å². The second-order valence-electron chi connectivity index (χ2n) is 3.91. The molecular formula is C12H19N3O. The molecule has 0 aromatic heterocycles. The van der Waals surface area contributed by atoms with Gasteiger partial charge in [0.2, 0.25) is 0 Å². The largest absolute Gasteiger partial charge is 0.302 e. The van der Waals surface area contributed by atoms with E-state index in [2.05, 4.69) is 24.3 Å². The SMILES string of the molecule is CCCN(C)Cc1cccc(C(=O)NN)c1. The molecule has 4 heteroatoms. The van der Waals surface area contributed by atoms with E-state index in [1.165, 1.54) is 0 Å². The maximum Gasteiger partial charge on any atom is 0.265 e. The van der Waals surface area contributed by atoms with Gasteiger partial charge in [-0.2, -0.15) is 0 Å². The lowest BCUT2D eigenvalue weighted by atomic mass is 10.1. The number of nitrogens with one attached hydrogen (secondary N) is 1. The molecule has 0 saturated heterocycles. The maximum absolute atomic E-state index is 11.3.